The second-order valence-corrected chi connectivity index (χ2v) is 6.77. The number of nitrogens with one attached hydrogen (secondary N) is 3. The molecule has 1 aliphatic rings. The van der Waals surface area contributed by atoms with Crippen molar-refractivity contribution in [2.24, 2.45) is 0 Å². The van der Waals surface area contributed by atoms with Gasteiger partial charge in [0, 0.05) is 17.8 Å². The van der Waals surface area contributed by atoms with Crippen LogP contribution in [0.25, 0.3) is 0 Å². The summed E-state index contributed by atoms with van der Waals surface area (Å²) >= 11 is 0. The lowest BCUT2D eigenvalue weighted by Crippen LogP contribution is -2.33. The lowest BCUT2D eigenvalue weighted by atomic mass is 9.99. The Bertz CT molecular complexity index is 948. The van der Waals surface area contributed by atoms with Gasteiger partial charge in [0.15, 0.2) is 0 Å². The number of hydrogen-bond acceptors (Lipinski definition) is 2. The molecule has 0 bridgehead atoms. The van der Waals surface area contributed by atoms with Crippen LogP contribution in [0.2, 0.25) is 0 Å². The first-order valence-corrected chi connectivity index (χ1v) is 9.29. The van der Waals surface area contributed by atoms with E-state index in [9.17, 15) is 9.59 Å². The number of aryl methyl sites for hydroxylation is 1. The van der Waals surface area contributed by atoms with Crippen molar-refractivity contribution in [1.29, 1.82) is 0 Å². The lowest BCUT2D eigenvalue weighted by Gasteiger charge is -2.21. The first-order valence-electron chi connectivity index (χ1n) is 9.29. The molecular formula is C23H21N3O2. The van der Waals surface area contributed by atoms with Gasteiger partial charge in [-0.2, -0.15) is 0 Å². The fourth-order valence-corrected chi connectivity index (χ4v) is 3.41. The van der Waals surface area contributed by atoms with Crippen LogP contribution in [-0.4, -0.2) is 11.9 Å². The molecule has 0 aromatic heterocycles. The number of fused-ring (bicyclic) bond motifs is 1. The smallest absolute Gasteiger partial charge is 0.319 e. The van der Waals surface area contributed by atoms with Gasteiger partial charge in [-0.05, 0) is 41.3 Å². The highest BCUT2D eigenvalue weighted by Gasteiger charge is 2.18. The van der Waals surface area contributed by atoms with Gasteiger partial charge in [0.2, 0.25) is 5.91 Å². The number of rotatable bonds is 4. The molecule has 0 spiro atoms. The van der Waals surface area contributed by atoms with E-state index in [0.717, 1.165) is 22.4 Å². The normalized spacial score (nSPS) is 12.8. The van der Waals surface area contributed by atoms with Gasteiger partial charge in [-0.25, -0.2) is 4.79 Å². The Hall–Kier alpha value is -3.60. The van der Waals surface area contributed by atoms with Crippen LogP contribution >= 0.6 is 0 Å². The third-order valence-corrected chi connectivity index (χ3v) is 4.80. The summed E-state index contributed by atoms with van der Waals surface area (Å²) < 4.78 is 0. The molecule has 3 aromatic carbocycles. The number of anilines is 2. The van der Waals surface area contributed by atoms with E-state index in [4.69, 9.17) is 0 Å². The number of amides is 3. The number of urea groups is 1. The third-order valence-electron chi connectivity index (χ3n) is 4.80. The molecule has 3 N–H and O–H groups in total. The highest BCUT2D eigenvalue weighted by atomic mass is 16.2. The molecule has 140 valence electrons. The lowest BCUT2D eigenvalue weighted by molar-refractivity contribution is -0.116. The summed E-state index contributed by atoms with van der Waals surface area (Å²) in [5.74, 6) is 0.0273. The molecule has 3 aromatic rings. The van der Waals surface area contributed by atoms with Gasteiger partial charge in [-0.15, -0.1) is 0 Å². The molecule has 3 amide bonds. The van der Waals surface area contributed by atoms with Crippen LogP contribution in [-0.2, 0) is 11.2 Å². The van der Waals surface area contributed by atoms with Crippen molar-refractivity contribution in [1.82, 2.24) is 5.32 Å². The second kappa shape index (κ2) is 7.96. The van der Waals surface area contributed by atoms with E-state index in [1.54, 1.807) is 6.07 Å². The molecule has 0 saturated heterocycles. The Balaban J connectivity index is 1.52. The van der Waals surface area contributed by atoms with Gasteiger partial charge in [-0.1, -0.05) is 60.7 Å². The predicted molar refractivity (Wildman–Crippen MR) is 110 cm³/mol. The largest absolute Gasteiger partial charge is 0.327 e. The van der Waals surface area contributed by atoms with Crippen LogP contribution in [0.3, 0.4) is 0 Å². The summed E-state index contributed by atoms with van der Waals surface area (Å²) in [4.78, 5) is 24.2. The Morgan fingerprint density at radius 2 is 1.50 bits per heavy atom. The Kier molecular flexibility index (Phi) is 5.06. The van der Waals surface area contributed by atoms with E-state index >= 15 is 0 Å². The fraction of sp³-hybridized carbons (Fsp3) is 0.130. The topological polar surface area (TPSA) is 70.2 Å². The molecule has 5 nitrogen and oxygen atoms in total. The first kappa shape index (κ1) is 17.8. The van der Waals surface area contributed by atoms with E-state index in [-0.39, 0.29) is 18.0 Å². The van der Waals surface area contributed by atoms with E-state index in [2.05, 4.69) is 16.0 Å². The Morgan fingerprint density at radius 3 is 2.14 bits per heavy atom. The third kappa shape index (κ3) is 4.04. The van der Waals surface area contributed by atoms with Crippen LogP contribution in [0.4, 0.5) is 16.2 Å². The zero-order valence-electron chi connectivity index (χ0n) is 15.3. The molecule has 0 atom stereocenters. The minimum atomic E-state index is -0.280. The maximum Gasteiger partial charge on any atom is 0.319 e. The van der Waals surface area contributed by atoms with Crippen molar-refractivity contribution in [3.63, 3.8) is 0 Å². The van der Waals surface area contributed by atoms with E-state index in [1.807, 2.05) is 72.8 Å². The van der Waals surface area contributed by atoms with Crippen molar-refractivity contribution >= 4 is 23.3 Å². The fourth-order valence-electron chi connectivity index (χ4n) is 3.41. The quantitative estimate of drug-likeness (QED) is 0.633. The second-order valence-electron chi connectivity index (χ2n) is 6.77. The minimum absolute atomic E-state index is 0.0273. The SMILES string of the molecule is O=C1CCc2cc(NC(=O)NC(c3ccccc3)c3ccccc3)ccc2N1. The summed E-state index contributed by atoms with van der Waals surface area (Å²) in [5.41, 5.74) is 4.56. The molecule has 0 unspecified atom stereocenters. The molecule has 1 aliphatic heterocycles. The molecule has 5 heteroatoms. The van der Waals surface area contributed by atoms with Crippen LogP contribution < -0.4 is 16.0 Å². The van der Waals surface area contributed by atoms with Gasteiger partial charge in [0.25, 0.3) is 0 Å². The molecule has 0 aliphatic carbocycles. The average molecular weight is 371 g/mol. The monoisotopic (exact) mass is 371 g/mol. The van der Waals surface area contributed by atoms with E-state index in [0.29, 0.717) is 18.5 Å². The van der Waals surface area contributed by atoms with Gasteiger partial charge in [0.1, 0.15) is 0 Å². The van der Waals surface area contributed by atoms with E-state index in [1.165, 1.54) is 0 Å². The molecule has 0 fully saturated rings. The maximum absolute atomic E-state index is 12.7. The van der Waals surface area contributed by atoms with Gasteiger partial charge in [-0.3, -0.25) is 4.79 Å². The summed E-state index contributed by atoms with van der Waals surface area (Å²) in [7, 11) is 0. The summed E-state index contributed by atoms with van der Waals surface area (Å²) in [5, 5.41) is 8.82. The minimum Gasteiger partial charge on any atom is -0.327 e. The molecule has 0 saturated carbocycles. The van der Waals surface area contributed by atoms with Crippen molar-refractivity contribution in [3.05, 3.63) is 95.6 Å². The highest BCUT2D eigenvalue weighted by Crippen LogP contribution is 2.26. The van der Waals surface area contributed by atoms with Crippen molar-refractivity contribution in [2.45, 2.75) is 18.9 Å². The predicted octanol–water partition coefficient (Wildman–Crippen LogP) is 4.48. The number of benzene rings is 3. The number of carbonyl (C=O) groups excluding carboxylic acids is 2. The van der Waals surface area contributed by atoms with Gasteiger partial charge < -0.3 is 16.0 Å². The van der Waals surface area contributed by atoms with Crippen molar-refractivity contribution in [2.75, 3.05) is 10.6 Å². The van der Waals surface area contributed by atoms with Crippen molar-refractivity contribution < 1.29 is 9.59 Å². The zero-order valence-corrected chi connectivity index (χ0v) is 15.3. The number of carbonyl (C=O) groups is 2. The summed E-state index contributed by atoms with van der Waals surface area (Å²) in [6, 6.07) is 24.8. The van der Waals surface area contributed by atoms with Crippen molar-refractivity contribution in [3.8, 4) is 0 Å². The maximum atomic E-state index is 12.7. The zero-order chi connectivity index (χ0) is 19.3. The first-order chi connectivity index (χ1) is 13.7. The molecule has 28 heavy (non-hydrogen) atoms. The highest BCUT2D eigenvalue weighted by molar-refractivity contribution is 5.95. The van der Waals surface area contributed by atoms with E-state index < -0.39 is 0 Å². The summed E-state index contributed by atoms with van der Waals surface area (Å²) in [6.07, 6.45) is 1.14. The number of hydrogen-bond donors (Lipinski definition) is 3. The van der Waals surface area contributed by atoms with Crippen LogP contribution in [0.5, 0.6) is 0 Å². The average Bonchev–Trinajstić information content (AvgIpc) is 2.73. The Morgan fingerprint density at radius 1 is 0.857 bits per heavy atom. The van der Waals surface area contributed by atoms with Crippen LogP contribution in [0.15, 0.2) is 78.9 Å². The molecule has 1 heterocycles. The van der Waals surface area contributed by atoms with Crippen LogP contribution in [0.1, 0.15) is 29.2 Å². The molecule has 0 radical (unpaired) electrons. The van der Waals surface area contributed by atoms with Gasteiger partial charge in [0.05, 0.1) is 6.04 Å². The standard InChI is InChI=1S/C23H21N3O2/c27-21-14-11-18-15-19(12-13-20(18)25-21)24-23(28)26-22(16-7-3-1-4-8-16)17-9-5-2-6-10-17/h1-10,12-13,15,22H,11,14H2,(H,25,27)(H2,24,26,28). The molecular weight excluding hydrogens is 350 g/mol. The molecule has 4 rings (SSSR count). The summed E-state index contributed by atoms with van der Waals surface area (Å²) in [6.45, 7) is 0. The van der Waals surface area contributed by atoms with Gasteiger partial charge >= 0.3 is 6.03 Å². The Labute approximate surface area is 163 Å². The van der Waals surface area contributed by atoms with Crippen LogP contribution in [0, 0.1) is 0 Å².